The number of aromatic amines is 1. The molecule has 2 heterocycles. The predicted molar refractivity (Wildman–Crippen MR) is 63.3 cm³/mol. The standard InChI is InChI=1S/C11H12N4O3/c1-6-11(15(16)17)13-10(12-6)9-7-4-2-3-5-8(7)18-14-9/h2-3,7-8H,4-5H2,1H3,(H,12,13). The van der Waals surface area contributed by atoms with Gasteiger partial charge >= 0.3 is 5.82 Å². The third kappa shape index (κ3) is 1.59. The molecule has 2 atom stereocenters. The first-order chi connectivity index (χ1) is 8.66. The summed E-state index contributed by atoms with van der Waals surface area (Å²) in [6.45, 7) is 1.60. The summed E-state index contributed by atoms with van der Waals surface area (Å²) in [5.41, 5.74) is 1.05. The highest BCUT2D eigenvalue weighted by Crippen LogP contribution is 2.31. The summed E-state index contributed by atoms with van der Waals surface area (Å²) < 4.78 is 0. The molecule has 0 spiro atoms. The van der Waals surface area contributed by atoms with Gasteiger partial charge in [0.2, 0.25) is 5.82 Å². The summed E-state index contributed by atoms with van der Waals surface area (Å²) >= 11 is 0. The van der Waals surface area contributed by atoms with Crippen LogP contribution in [-0.4, -0.2) is 26.7 Å². The average Bonchev–Trinajstić information content (AvgIpc) is 2.92. The summed E-state index contributed by atoms with van der Waals surface area (Å²) in [6.07, 6.45) is 5.83. The van der Waals surface area contributed by atoms with Crippen molar-refractivity contribution < 1.29 is 9.76 Å². The number of imidazole rings is 1. The Labute approximate surface area is 103 Å². The molecule has 0 bridgehead atoms. The monoisotopic (exact) mass is 248 g/mol. The van der Waals surface area contributed by atoms with E-state index in [4.69, 9.17) is 4.84 Å². The van der Waals surface area contributed by atoms with Crippen LogP contribution in [0.3, 0.4) is 0 Å². The van der Waals surface area contributed by atoms with Crippen molar-refractivity contribution in [2.45, 2.75) is 25.9 Å². The molecule has 1 aromatic rings. The van der Waals surface area contributed by atoms with Gasteiger partial charge in [-0.2, -0.15) is 0 Å². The quantitative estimate of drug-likeness (QED) is 0.489. The Hall–Kier alpha value is -2.18. The van der Waals surface area contributed by atoms with Crippen LogP contribution in [0.25, 0.3) is 0 Å². The van der Waals surface area contributed by atoms with Gasteiger partial charge in [-0.1, -0.05) is 17.3 Å². The van der Waals surface area contributed by atoms with E-state index < -0.39 is 4.92 Å². The van der Waals surface area contributed by atoms with Gasteiger partial charge in [-0.05, 0) is 18.3 Å². The molecule has 3 rings (SSSR count). The number of rotatable bonds is 2. The number of nitrogens with one attached hydrogen (secondary N) is 1. The zero-order valence-electron chi connectivity index (χ0n) is 9.79. The molecule has 0 radical (unpaired) electrons. The number of oxime groups is 1. The van der Waals surface area contributed by atoms with E-state index in [-0.39, 0.29) is 17.8 Å². The molecule has 1 aromatic heterocycles. The van der Waals surface area contributed by atoms with Gasteiger partial charge in [-0.3, -0.25) is 0 Å². The number of hydrogen-bond acceptors (Lipinski definition) is 5. The first kappa shape index (κ1) is 10.9. The van der Waals surface area contributed by atoms with Crippen molar-refractivity contribution in [1.29, 1.82) is 0 Å². The molecule has 0 aromatic carbocycles. The molecule has 0 saturated heterocycles. The molecule has 18 heavy (non-hydrogen) atoms. The topological polar surface area (TPSA) is 93.4 Å². The smallest absolute Gasteiger partial charge is 0.343 e. The molecule has 2 aliphatic rings. The third-order valence-electron chi connectivity index (χ3n) is 3.30. The lowest BCUT2D eigenvalue weighted by molar-refractivity contribution is -0.389. The summed E-state index contributed by atoms with van der Waals surface area (Å²) in [4.78, 5) is 22.5. The Bertz CT molecular complexity index is 561. The van der Waals surface area contributed by atoms with Crippen LogP contribution in [0.1, 0.15) is 24.4 Å². The average molecular weight is 248 g/mol. The van der Waals surface area contributed by atoms with Crippen molar-refractivity contribution >= 4 is 11.5 Å². The fourth-order valence-corrected chi connectivity index (χ4v) is 2.35. The van der Waals surface area contributed by atoms with Crippen LogP contribution < -0.4 is 0 Å². The van der Waals surface area contributed by atoms with Gasteiger partial charge in [0.25, 0.3) is 0 Å². The number of allylic oxidation sites excluding steroid dienone is 1. The Balaban J connectivity index is 1.94. The molecule has 1 aliphatic carbocycles. The number of nitrogens with zero attached hydrogens (tertiary/aromatic N) is 3. The highest BCUT2D eigenvalue weighted by atomic mass is 16.6. The highest BCUT2D eigenvalue weighted by Gasteiger charge is 2.38. The first-order valence-corrected chi connectivity index (χ1v) is 5.77. The van der Waals surface area contributed by atoms with Crippen LogP contribution in [0.2, 0.25) is 0 Å². The Kier molecular flexibility index (Phi) is 2.39. The van der Waals surface area contributed by atoms with E-state index in [1.165, 1.54) is 0 Å². The van der Waals surface area contributed by atoms with Crippen LogP contribution in [0.15, 0.2) is 17.3 Å². The van der Waals surface area contributed by atoms with Crippen molar-refractivity contribution in [2.75, 3.05) is 0 Å². The van der Waals surface area contributed by atoms with Crippen molar-refractivity contribution in [3.8, 4) is 0 Å². The second-order valence-corrected chi connectivity index (χ2v) is 4.45. The van der Waals surface area contributed by atoms with E-state index in [1.807, 2.05) is 0 Å². The fraction of sp³-hybridized carbons (Fsp3) is 0.455. The van der Waals surface area contributed by atoms with Gasteiger partial charge in [0.1, 0.15) is 11.8 Å². The zero-order valence-corrected chi connectivity index (χ0v) is 9.79. The van der Waals surface area contributed by atoms with E-state index in [1.54, 1.807) is 6.92 Å². The molecule has 0 fully saturated rings. The summed E-state index contributed by atoms with van der Waals surface area (Å²) in [5.74, 6) is 0.504. The lowest BCUT2D eigenvalue weighted by Gasteiger charge is -2.17. The minimum Gasteiger partial charge on any atom is -0.391 e. The first-order valence-electron chi connectivity index (χ1n) is 5.77. The SMILES string of the molecule is Cc1nc(C2=NOC3CC=CCC23)[nH]c1[N+](=O)[O-]. The Morgan fingerprint density at radius 2 is 2.28 bits per heavy atom. The zero-order chi connectivity index (χ0) is 12.7. The van der Waals surface area contributed by atoms with Gasteiger partial charge in [0.15, 0.2) is 5.71 Å². The number of hydrogen-bond donors (Lipinski definition) is 1. The third-order valence-corrected chi connectivity index (χ3v) is 3.30. The number of fused-ring (bicyclic) bond motifs is 1. The van der Waals surface area contributed by atoms with E-state index in [2.05, 4.69) is 27.3 Å². The number of aryl methyl sites for hydroxylation is 1. The largest absolute Gasteiger partial charge is 0.391 e. The van der Waals surface area contributed by atoms with Gasteiger partial charge < -0.3 is 15.0 Å². The van der Waals surface area contributed by atoms with Crippen molar-refractivity contribution in [2.24, 2.45) is 11.1 Å². The summed E-state index contributed by atoms with van der Waals surface area (Å²) in [5, 5.41) is 14.8. The maximum Gasteiger partial charge on any atom is 0.343 e. The van der Waals surface area contributed by atoms with Crippen molar-refractivity contribution in [1.82, 2.24) is 9.97 Å². The molecular formula is C11H12N4O3. The Morgan fingerprint density at radius 1 is 1.50 bits per heavy atom. The minimum absolute atomic E-state index is 0.0365. The number of H-pyrrole nitrogens is 1. The van der Waals surface area contributed by atoms with E-state index in [9.17, 15) is 10.1 Å². The minimum atomic E-state index is -0.472. The van der Waals surface area contributed by atoms with Gasteiger partial charge in [0, 0.05) is 6.42 Å². The maximum atomic E-state index is 10.8. The Morgan fingerprint density at radius 3 is 3.00 bits per heavy atom. The molecule has 1 aliphatic heterocycles. The molecule has 7 nitrogen and oxygen atoms in total. The van der Waals surface area contributed by atoms with Gasteiger partial charge in [-0.25, -0.2) is 9.97 Å². The van der Waals surface area contributed by atoms with Crippen LogP contribution >= 0.6 is 0 Å². The summed E-state index contributed by atoms with van der Waals surface area (Å²) in [7, 11) is 0. The van der Waals surface area contributed by atoms with Crippen LogP contribution in [0, 0.1) is 23.0 Å². The molecule has 94 valence electrons. The second kappa shape index (κ2) is 3.94. The molecule has 2 unspecified atom stereocenters. The number of nitro groups is 1. The van der Waals surface area contributed by atoms with Gasteiger partial charge in [-0.15, -0.1) is 0 Å². The van der Waals surface area contributed by atoms with Crippen LogP contribution in [-0.2, 0) is 4.84 Å². The summed E-state index contributed by atoms with van der Waals surface area (Å²) in [6, 6.07) is 0. The maximum absolute atomic E-state index is 10.8. The predicted octanol–water partition coefficient (Wildman–Crippen LogP) is 1.70. The van der Waals surface area contributed by atoms with E-state index in [0.29, 0.717) is 17.2 Å². The van der Waals surface area contributed by atoms with Crippen molar-refractivity contribution in [3.05, 3.63) is 33.8 Å². The fourth-order valence-electron chi connectivity index (χ4n) is 2.35. The van der Waals surface area contributed by atoms with Crippen LogP contribution in [0.5, 0.6) is 0 Å². The lowest BCUT2D eigenvalue weighted by Crippen LogP contribution is -2.25. The van der Waals surface area contributed by atoms with Gasteiger partial charge in [0.05, 0.1) is 5.92 Å². The van der Waals surface area contributed by atoms with E-state index in [0.717, 1.165) is 12.8 Å². The molecular weight excluding hydrogens is 236 g/mol. The molecule has 1 N–H and O–H groups in total. The van der Waals surface area contributed by atoms with Crippen LogP contribution in [0.4, 0.5) is 5.82 Å². The highest BCUT2D eigenvalue weighted by molar-refractivity contribution is 6.00. The number of aromatic nitrogens is 2. The normalized spacial score (nSPS) is 25.5. The lowest BCUT2D eigenvalue weighted by atomic mass is 9.88. The van der Waals surface area contributed by atoms with E-state index >= 15 is 0 Å². The van der Waals surface area contributed by atoms with Crippen molar-refractivity contribution in [3.63, 3.8) is 0 Å². The molecule has 0 amide bonds. The second-order valence-electron chi connectivity index (χ2n) is 4.45. The molecule has 0 saturated carbocycles. The molecule has 7 heteroatoms.